The van der Waals surface area contributed by atoms with Gasteiger partial charge in [-0.2, -0.15) is 13.2 Å². The molecule has 0 atom stereocenters. The van der Waals surface area contributed by atoms with E-state index in [0.717, 1.165) is 6.42 Å². The zero-order valence-electron chi connectivity index (χ0n) is 11.6. The molecule has 0 amide bonds. The van der Waals surface area contributed by atoms with Crippen molar-refractivity contribution < 1.29 is 17.6 Å². The predicted octanol–water partition coefficient (Wildman–Crippen LogP) is 3.71. The Morgan fingerprint density at radius 3 is 2.64 bits per heavy atom. The summed E-state index contributed by atoms with van der Waals surface area (Å²) < 4.78 is 45.3. The number of benzene rings is 1. The molecule has 0 aliphatic carbocycles. The van der Waals surface area contributed by atoms with Gasteiger partial charge in [0.15, 0.2) is 5.58 Å². The van der Waals surface area contributed by atoms with Crippen LogP contribution in [0.25, 0.3) is 22.0 Å². The van der Waals surface area contributed by atoms with Crippen molar-refractivity contribution in [3.63, 3.8) is 0 Å². The minimum Gasteiger partial charge on any atom is -0.457 e. The summed E-state index contributed by atoms with van der Waals surface area (Å²) in [6, 6.07) is 3.32. The summed E-state index contributed by atoms with van der Waals surface area (Å²) >= 11 is 0. The lowest BCUT2D eigenvalue weighted by molar-refractivity contribution is -0.136. The molecule has 0 saturated heterocycles. The van der Waals surface area contributed by atoms with E-state index in [4.69, 9.17) is 4.42 Å². The highest BCUT2D eigenvalue weighted by molar-refractivity contribution is 6.03. The molecule has 2 heterocycles. The average Bonchev–Trinajstić information content (AvgIpc) is 2.45. The summed E-state index contributed by atoms with van der Waals surface area (Å²) in [5.74, 6) is 0.488. The van der Waals surface area contributed by atoms with Crippen LogP contribution in [0.5, 0.6) is 0 Å². The maximum absolute atomic E-state index is 13.2. The Morgan fingerprint density at radius 2 is 1.95 bits per heavy atom. The standard InChI is InChI=1S/C15H11F3N2O2/c1-2-3-8-7-19-11-5-4-10-13(14(11)22-8)9(15(16,17)18)6-12(21)20-10/h4-7H,2-3H2,1H3. The van der Waals surface area contributed by atoms with Gasteiger partial charge in [-0.25, -0.2) is 9.97 Å². The molecule has 0 spiro atoms. The zero-order valence-corrected chi connectivity index (χ0v) is 11.6. The van der Waals surface area contributed by atoms with Crippen LogP contribution >= 0.6 is 0 Å². The molecule has 7 heteroatoms. The lowest BCUT2D eigenvalue weighted by atomic mass is 10.1. The number of aryl methyl sites for hydroxylation is 1. The molecular formula is C15H11F3N2O2. The maximum Gasteiger partial charge on any atom is 0.417 e. The topological polar surface area (TPSA) is 56.0 Å². The third kappa shape index (κ3) is 2.43. The quantitative estimate of drug-likeness (QED) is 0.677. The van der Waals surface area contributed by atoms with E-state index < -0.39 is 17.3 Å². The molecule has 0 unspecified atom stereocenters. The lowest BCUT2D eigenvalue weighted by Crippen LogP contribution is -2.14. The van der Waals surface area contributed by atoms with Gasteiger partial charge in [0.25, 0.3) is 5.56 Å². The zero-order chi connectivity index (χ0) is 15.9. The SMILES string of the molecule is CCCc1cnc2ccc3nc(=O)cc(C(F)(F)F)c3c2o1. The van der Waals surface area contributed by atoms with E-state index >= 15 is 0 Å². The first-order chi connectivity index (χ1) is 10.4. The van der Waals surface area contributed by atoms with Gasteiger partial charge in [-0.15, -0.1) is 0 Å². The smallest absolute Gasteiger partial charge is 0.417 e. The third-order valence-corrected chi connectivity index (χ3v) is 3.27. The van der Waals surface area contributed by atoms with Gasteiger partial charge in [-0.1, -0.05) is 6.92 Å². The van der Waals surface area contributed by atoms with Gasteiger partial charge >= 0.3 is 6.18 Å². The number of halogens is 3. The second kappa shape index (κ2) is 5.08. The monoisotopic (exact) mass is 308 g/mol. The first-order valence-electron chi connectivity index (χ1n) is 6.70. The largest absolute Gasteiger partial charge is 0.457 e. The fourth-order valence-electron chi connectivity index (χ4n) is 2.35. The Hall–Kier alpha value is -2.44. The molecule has 0 radical (unpaired) electrons. The highest BCUT2D eigenvalue weighted by Crippen LogP contribution is 2.36. The molecule has 0 aliphatic rings. The molecule has 2 aromatic heterocycles. The van der Waals surface area contributed by atoms with Crippen molar-refractivity contribution in [2.45, 2.75) is 25.9 Å². The number of fused-ring (bicyclic) bond motifs is 3. The van der Waals surface area contributed by atoms with Crippen LogP contribution in [-0.4, -0.2) is 9.97 Å². The van der Waals surface area contributed by atoms with Crippen LogP contribution in [0.15, 0.2) is 33.6 Å². The molecular weight excluding hydrogens is 297 g/mol. The van der Waals surface area contributed by atoms with Gasteiger partial charge in [0.05, 0.1) is 22.7 Å². The van der Waals surface area contributed by atoms with E-state index in [1.165, 1.54) is 18.3 Å². The Kier molecular flexibility index (Phi) is 3.35. The fraction of sp³-hybridized carbons (Fsp3) is 0.267. The highest BCUT2D eigenvalue weighted by atomic mass is 19.4. The number of pyridine rings is 1. The fourth-order valence-corrected chi connectivity index (χ4v) is 2.35. The van der Waals surface area contributed by atoms with Crippen molar-refractivity contribution in [2.75, 3.05) is 0 Å². The normalized spacial score (nSPS) is 12.2. The van der Waals surface area contributed by atoms with Crippen LogP contribution in [0.2, 0.25) is 0 Å². The summed E-state index contributed by atoms with van der Waals surface area (Å²) in [6.45, 7) is 1.93. The number of alkyl halides is 3. The molecule has 114 valence electrons. The Balaban J connectivity index is 2.47. The van der Waals surface area contributed by atoms with Gasteiger partial charge in [-0.05, 0) is 18.6 Å². The lowest BCUT2D eigenvalue weighted by Gasteiger charge is -2.11. The molecule has 0 aliphatic heterocycles. The van der Waals surface area contributed by atoms with Gasteiger partial charge in [0, 0.05) is 12.5 Å². The number of rotatable bonds is 2. The Bertz CT molecular complexity index is 916. The van der Waals surface area contributed by atoms with E-state index in [9.17, 15) is 18.0 Å². The Labute approximate surface area is 122 Å². The summed E-state index contributed by atoms with van der Waals surface area (Å²) in [6.07, 6.45) is -1.84. The van der Waals surface area contributed by atoms with Crippen molar-refractivity contribution in [3.8, 4) is 0 Å². The second-order valence-electron chi connectivity index (χ2n) is 4.89. The first-order valence-corrected chi connectivity index (χ1v) is 6.70. The van der Waals surface area contributed by atoms with E-state index in [-0.39, 0.29) is 16.5 Å². The average molecular weight is 308 g/mol. The van der Waals surface area contributed by atoms with Crippen LogP contribution in [0.3, 0.4) is 0 Å². The van der Waals surface area contributed by atoms with E-state index in [1.54, 1.807) is 0 Å². The van der Waals surface area contributed by atoms with Crippen molar-refractivity contribution in [1.29, 1.82) is 0 Å². The molecule has 0 N–H and O–H groups in total. The minimum absolute atomic E-state index is 0.00303. The minimum atomic E-state index is -4.68. The van der Waals surface area contributed by atoms with Crippen LogP contribution in [0.1, 0.15) is 24.7 Å². The first kappa shape index (κ1) is 14.5. The number of nitrogens with zero attached hydrogens (tertiary/aromatic N) is 2. The van der Waals surface area contributed by atoms with Gasteiger partial charge < -0.3 is 4.42 Å². The van der Waals surface area contributed by atoms with Crippen LogP contribution < -0.4 is 5.56 Å². The molecule has 3 aromatic rings. The number of aromatic nitrogens is 2. The summed E-state index contributed by atoms with van der Waals surface area (Å²) in [7, 11) is 0. The molecule has 0 fully saturated rings. The van der Waals surface area contributed by atoms with Crippen molar-refractivity contribution in [2.24, 2.45) is 0 Å². The van der Waals surface area contributed by atoms with Gasteiger partial charge in [0.2, 0.25) is 0 Å². The molecule has 0 bridgehead atoms. The molecule has 1 aromatic carbocycles. The van der Waals surface area contributed by atoms with Crippen LogP contribution in [0, 0.1) is 0 Å². The Morgan fingerprint density at radius 1 is 1.23 bits per heavy atom. The third-order valence-electron chi connectivity index (χ3n) is 3.27. The molecule has 22 heavy (non-hydrogen) atoms. The van der Waals surface area contributed by atoms with Crippen molar-refractivity contribution in [1.82, 2.24) is 9.97 Å². The molecule has 4 nitrogen and oxygen atoms in total. The number of hydrogen-bond donors (Lipinski definition) is 0. The van der Waals surface area contributed by atoms with Crippen molar-refractivity contribution >= 4 is 22.0 Å². The van der Waals surface area contributed by atoms with Gasteiger partial charge in [0.1, 0.15) is 11.3 Å². The van der Waals surface area contributed by atoms with E-state index in [0.29, 0.717) is 23.8 Å². The summed E-state index contributed by atoms with van der Waals surface area (Å²) in [4.78, 5) is 19.2. The van der Waals surface area contributed by atoms with Crippen molar-refractivity contribution in [3.05, 3.63) is 46.1 Å². The van der Waals surface area contributed by atoms with Crippen LogP contribution in [-0.2, 0) is 12.6 Å². The molecule has 3 rings (SSSR count). The van der Waals surface area contributed by atoms with E-state index in [1.807, 2.05) is 6.92 Å². The maximum atomic E-state index is 13.2. The van der Waals surface area contributed by atoms with Crippen LogP contribution in [0.4, 0.5) is 13.2 Å². The number of hydrogen-bond acceptors (Lipinski definition) is 4. The predicted molar refractivity (Wildman–Crippen MR) is 74.6 cm³/mol. The molecule has 0 saturated carbocycles. The summed E-state index contributed by atoms with van der Waals surface area (Å²) in [5, 5.41) is -0.227. The summed E-state index contributed by atoms with van der Waals surface area (Å²) in [5.41, 5.74) is -1.74. The highest BCUT2D eigenvalue weighted by Gasteiger charge is 2.34. The second-order valence-corrected chi connectivity index (χ2v) is 4.89. The van der Waals surface area contributed by atoms with Gasteiger partial charge in [-0.3, -0.25) is 4.79 Å². The van der Waals surface area contributed by atoms with E-state index in [2.05, 4.69) is 9.97 Å².